The molecule has 2 aromatic rings. The zero-order chi connectivity index (χ0) is 12.8. The summed E-state index contributed by atoms with van der Waals surface area (Å²) in [6.45, 7) is 2.21. The van der Waals surface area contributed by atoms with Gasteiger partial charge in [0.25, 0.3) is 0 Å². The van der Waals surface area contributed by atoms with Gasteiger partial charge in [0.1, 0.15) is 0 Å². The molecule has 1 unspecified atom stereocenters. The van der Waals surface area contributed by atoms with Crippen LogP contribution in [0, 0.1) is 12.3 Å². The standard InChI is InChI=1S/C17H18S/c1-3-5-12-18-17(4-2)16-11-10-14-8-6-7-9-15(14)13-16/h2,6-11,13,17H,3,5,12H2,1H3. The van der Waals surface area contributed by atoms with Crippen LogP contribution in [-0.2, 0) is 0 Å². The van der Waals surface area contributed by atoms with Crippen LogP contribution in [0.3, 0.4) is 0 Å². The second-order valence-electron chi connectivity index (χ2n) is 4.38. The topological polar surface area (TPSA) is 0 Å². The minimum absolute atomic E-state index is 0.182. The number of terminal acetylenes is 1. The van der Waals surface area contributed by atoms with Crippen LogP contribution >= 0.6 is 11.8 Å². The van der Waals surface area contributed by atoms with Gasteiger partial charge in [-0.1, -0.05) is 55.7 Å². The molecule has 1 heteroatoms. The fourth-order valence-electron chi connectivity index (χ4n) is 1.96. The van der Waals surface area contributed by atoms with Crippen LogP contribution < -0.4 is 0 Å². The van der Waals surface area contributed by atoms with Gasteiger partial charge in [0, 0.05) is 0 Å². The lowest BCUT2D eigenvalue weighted by Gasteiger charge is -2.11. The van der Waals surface area contributed by atoms with E-state index in [0.29, 0.717) is 0 Å². The molecule has 0 aliphatic carbocycles. The number of thioether (sulfide) groups is 1. The van der Waals surface area contributed by atoms with E-state index in [1.54, 1.807) is 0 Å². The van der Waals surface area contributed by atoms with Crippen molar-refractivity contribution in [2.75, 3.05) is 5.75 Å². The van der Waals surface area contributed by atoms with Crippen molar-refractivity contribution in [1.29, 1.82) is 0 Å². The maximum atomic E-state index is 5.66. The maximum absolute atomic E-state index is 5.66. The zero-order valence-corrected chi connectivity index (χ0v) is 11.5. The van der Waals surface area contributed by atoms with Crippen molar-refractivity contribution >= 4 is 22.5 Å². The molecule has 1 atom stereocenters. The van der Waals surface area contributed by atoms with Crippen LogP contribution in [0.5, 0.6) is 0 Å². The Kier molecular flexibility index (Phi) is 4.73. The summed E-state index contributed by atoms with van der Waals surface area (Å²) in [6, 6.07) is 15.0. The molecule has 0 bridgehead atoms. The summed E-state index contributed by atoms with van der Waals surface area (Å²) >= 11 is 1.87. The summed E-state index contributed by atoms with van der Waals surface area (Å²) in [4.78, 5) is 0. The largest absolute Gasteiger partial charge is 0.141 e. The van der Waals surface area contributed by atoms with Gasteiger partial charge in [-0.25, -0.2) is 0 Å². The molecular formula is C17H18S. The van der Waals surface area contributed by atoms with Gasteiger partial charge < -0.3 is 0 Å². The molecule has 0 spiro atoms. The fourth-order valence-corrected chi connectivity index (χ4v) is 3.08. The molecule has 0 radical (unpaired) electrons. The van der Waals surface area contributed by atoms with Crippen molar-refractivity contribution in [3.63, 3.8) is 0 Å². The highest BCUT2D eigenvalue weighted by Crippen LogP contribution is 2.30. The molecule has 0 aromatic heterocycles. The van der Waals surface area contributed by atoms with Crippen LogP contribution in [0.4, 0.5) is 0 Å². The first-order valence-electron chi connectivity index (χ1n) is 6.41. The molecule has 0 aliphatic rings. The Bertz CT molecular complexity index is 551. The van der Waals surface area contributed by atoms with E-state index in [1.807, 2.05) is 11.8 Å². The van der Waals surface area contributed by atoms with Gasteiger partial charge in [0.2, 0.25) is 0 Å². The fraction of sp³-hybridized carbons (Fsp3) is 0.294. The molecule has 0 aliphatic heterocycles. The Morgan fingerprint density at radius 1 is 1.17 bits per heavy atom. The molecule has 18 heavy (non-hydrogen) atoms. The number of benzene rings is 2. The summed E-state index contributed by atoms with van der Waals surface area (Å²) in [6.07, 6.45) is 8.12. The van der Waals surface area contributed by atoms with Crippen LogP contribution in [0.1, 0.15) is 30.6 Å². The predicted octanol–water partition coefficient (Wildman–Crippen LogP) is 5.05. The lowest BCUT2D eigenvalue weighted by molar-refractivity contribution is 0.895. The van der Waals surface area contributed by atoms with Crippen LogP contribution in [0.2, 0.25) is 0 Å². The quantitative estimate of drug-likeness (QED) is 0.531. The summed E-state index contributed by atoms with van der Waals surface area (Å²) < 4.78 is 0. The summed E-state index contributed by atoms with van der Waals surface area (Å²) in [5.41, 5.74) is 1.25. The van der Waals surface area contributed by atoms with E-state index in [2.05, 4.69) is 55.3 Å². The van der Waals surface area contributed by atoms with Crippen LogP contribution in [-0.4, -0.2) is 5.75 Å². The first-order valence-corrected chi connectivity index (χ1v) is 7.46. The van der Waals surface area contributed by atoms with Gasteiger partial charge in [0.15, 0.2) is 0 Å². The lowest BCUT2D eigenvalue weighted by atomic mass is 10.1. The Labute approximate surface area is 114 Å². The Hall–Kier alpha value is -1.39. The van der Waals surface area contributed by atoms with E-state index < -0.39 is 0 Å². The second kappa shape index (κ2) is 6.52. The van der Waals surface area contributed by atoms with E-state index in [1.165, 1.54) is 29.2 Å². The third-order valence-electron chi connectivity index (χ3n) is 3.01. The number of hydrogen-bond acceptors (Lipinski definition) is 1. The average Bonchev–Trinajstić information content (AvgIpc) is 2.43. The molecule has 0 saturated carbocycles. The molecule has 2 rings (SSSR count). The molecular weight excluding hydrogens is 236 g/mol. The molecule has 0 amide bonds. The average molecular weight is 254 g/mol. The van der Waals surface area contributed by atoms with Crippen LogP contribution in [0.15, 0.2) is 42.5 Å². The predicted molar refractivity (Wildman–Crippen MR) is 82.9 cm³/mol. The normalized spacial score (nSPS) is 12.2. The van der Waals surface area contributed by atoms with Gasteiger partial charge >= 0.3 is 0 Å². The minimum Gasteiger partial charge on any atom is -0.141 e. The van der Waals surface area contributed by atoms with Gasteiger partial charge in [-0.15, -0.1) is 18.2 Å². The molecule has 0 nitrogen and oxygen atoms in total. The molecule has 0 N–H and O–H groups in total. The third kappa shape index (κ3) is 3.09. The van der Waals surface area contributed by atoms with Crippen molar-refractivity contribution in [3.8, 4) is 12.3 Å². The Balaban J connectivity index is 2.20. The number of unbranched alkanes of at least 4 members (excludes halogenated alkanes) is 1. The highest BCUT2D eigenvalue weighted by atomic mass is 32.2. The Morgan fingerprint density at radius 3 is 2.67 bits per heavy atom. The van der Waals surface area contributed by atoms with Crippen molar-refractivity contribution in [3.05, 3.63) is 48.0 Å². The van der Waals surface area contributed by atoms with E-state index in [-0.39, 0.29) is 5.25 Å². The van der Waals surface area contributed by atoms with Gasteiger partial charge in [-0.05, 0) is 34.6 Å². The number of rotatable bonds is 5. The highest BCUT2D eigenvalue weighted by Gasteiger charge is 2.08. The lowest BCUT2D eigenvalue weighted by Crippen LogP contribution is -1.92. The Morgan fingerprint density at radius 2 is 1.94 bits per heavy atom. The van der Waals surface area contributed by atoms with Crippen LogP contribution in [0.25, 0.3) is 10.8 Å². The molecule has 0 fully saturated rings. The van der Waals surface area contributed by atoms with Gasteiger partial charge in [-0.3, -0.25) is 0 Å². The van der Waals surface area contributed by atoms with Crippen molar-refractivity contribution < 1.29 is 0 Å². The van der Waals surface area contributed by atoms with Gasteiger partial charge in [0.05, 0.1) is 5.25 Å². The summed E-state index contributed by atoms with van der Waals surface area (Å²) in [5, 5.41) is 2.73. The summed E-state index contributed by atoms with van der Waals surface area (Å²) in [5.74, 6) is 4.04. The van der Waals surface area contributed by atoms with Crippen molar-refractivity contribution in [1.82, 2.24) is 0 Å². The van der Waals surface area contributed by atoms with Crippen molar-refractivity contribution in [2.45, 2.75) is 25.0 Å². The first kappa shape index (κ1) is 13.1. The molecule has 92 valence electrons. The maximum Gasteiger partial charge on any atom is 0.0903 e. The molecule has 2 aromatic carbocycles. The SMILES string of the molecule is C#CC(SCCCC)c1ccc2ccccc2c1. The molecule has 0 saturated heterocycles. The number of fused-ring (bicyclic) bond motifs is 1. The first-order chi connectivity index (χ1) is 8.85. The third-order valence-corrected chi connectivity index (χ3v) is 4.28. The minimum atomic E-state index is 0.182. The van der Waals surface area contributed by atoms with Gasteiger partial charge in [-0.2, -0.15) is 0 Å². The smallest absolute Gasteiger partial charge is 0.0903 e. The van der Waals surface area contributed by atoms with E-state index in [9.17, 15) is 0 Å². The second-order valence-corrected chi connectivity index (χ2v) is 5.59. The van der Waals surface area contributed by atoms with E-state index >= 15 is 0 Å². The molecule has 0 heterocycles. The van der Waals surface area contributed by atoms with E-state index in [0.717, 1.165) is 5.75 Å². The zero-order valence-electron chi connectivity index (χ0n) is 10.7. The van der Waals surface area contributed by atoms with Crippen molar-refractivity contribution in [2.24, 2.45) is 0 Å². The monoisotopic (exact) mass is 254 g/mol. The van der Waals surface area contributed by atoms with E-state index in [4.69, 9.17) is 6.42 Å². The summed E-state index contributed by atoms with van der Waals surface area (Å²) in [7, 11) is 0. The highest BCUT2D eigenvalue weighted by molar-refractivity contribution is 7.99. The number of hydrogen-bond donors (Lipinski definition) is 0.